The van der Waals surface area contributed by atoms with Gasteiger partial charge in [0.25, 0.3) is 0 Å². The molecule has 0 radical (unpaired) electrons. The summed E-state index contributed by atoms with van der Waals surface area (Å²) in [5.41, 5.74) is 7.96. The van der Waals surface area contributed by atoms with E-state index in [1.54, 1.807) is 11.8 Å². The number of likely N-dealkylation sites (tertiary alicyclic amines) is 1. The molecule has 1 unspecified atom stereocenters. The van der Waals surface area contributed by atoms with Crippen molar-refractivity contribution < 1.29 is 4.79 Å². The van der Waals surface area contributed by atoms with E-state index in [4.69, 9.17) is 5.73 Å². The summed E-state index contributed by atoms with van der Waals surface area (Å²) in [5.74, 6) is 0.248. The molecule has 1 amide bonds. The van der Waals surface area contributed by atoms with Crippen LogP contribution >= 0.6 is 11.8 Å². The molecule has 0 aliphatic carbocycles. The lowest BCUT2D eigenvalue weighted by atomic mass is 10.2. The number of amides is 1. The molecule has 1 heterocycles. The third-order valence-electron chi connectivity index (χ3n) is 3.85. The number of nitrogens with zero attached hydrogens (tertiary/aromatic N) is 1. The van der Waals surface area contributed by atoms with E-state index in [1.165, 1.54) is 12.8 Å². The number of nitrogen functional groups attached to an aromatic ring is 1. The minimum Gasteiger partial charge on any atom is -0.398 e. The molecule has 2 N–H and O–H groups in total. The van der Waals surface area contributed by atoms with E-state index >= 15 is 0 Å². The Bertz CT molecular complexity index is 468. The van der Waals surface area contributed by atoms with Crippen LogP contribution in [0.4, 0.5) is 5.69 Å². The minimum atomic E-state index is -0.0720. The van der Waals surface area contributed by atoms with Gasteiger partial charge < -0.3 is 10.6 Å². The highest BCUT2D eigenvalue weighted by atomic mass is 32.2. The van der Waals surface area contributed by atoms with Gasteiger partial charge in [-0.3, -0.25) is 4.79 Å². The highest BCUT2D eigenvalue weighted by Gasteiger charge is 2.22. The first kappa shape index (κ1) is 15.2. The number of anilines is 1. The monoisotopic (exact) mass is 292 g/mol. The van der Waals surface area contributed by atoms with E-state index in [0.717, 1.165) is 42.1 Å². The molecular formula is C16H24N2OS. The summed E-state index contributed by atoms with van der Waals surface area (Å²) in [6, 6.07) is 6.00. The fourth-order valence-corrected chi connectivity index (χ4v) is 3.62. The molecular weight excluding hydrogens is 268 g/mol. The Balaban J connectivity index is 2.01. The number of thioether (sulfide) groups is 1. The van der Waals surface area contributed by atoms with Crippen LogP contribution in [0.5, 0.6) is 0 Å². The third kappa shape index (κ3) is 3.69. The Labute approximate surface area is 125 Å². The first-order chi connectivity index (χ1) is 9.59. The molecule has 0 bridgehead atoms. The van der Waals surface area contributed by atoms with Crippen LogP contribution in [0.1, 0.15) is 38.2 Å². The minimum absolute atomic E-state index is 0.0720. The number of carbonyl (C=O) groups excluding carboxylic acids is 1. The van der Waals surface area contributed by atoms with Crippen LogP contribution in [0.25, 0.3) is 0 Å². The fraction of sp³-hybridized carbons (Fsp3) is 0.562. The normalized spacial score (nSPS) is 17.6. The van der Waals surface area contributed by atoms with E-state index in [1.807, 2.05) is 36.9 Å². The summed E-state index contributed by atoms with van der Waals surface area (Å²) in [5, 5.41) is -0.0720. The molecule has 1 aromatic carbocycles. The van der Waals surface area contributed by atoms with Crippen LogP contribution in [-0.4, -0.2) is 29.1 Å². The lowest BCUT2D eigenvalue weighted by molar-refractivity contribution is -0.130. The first-order valence-electron chi connectivity index (χ1n) is 7.40. The molecule has 0 saturated carbocycles. The highest BCUT2D eigenvalue weighted by molar-refractivity contribution is 8.00. The number of carbonyl (C=O) groups is 1. The van der Waals surface area contributed by atoms with Crippen LogP contribution in [0, 0.1) is 6.92 Å². The van der Waals surface area contributed by atoms with Gasteiger partial charge in [-0.2, -0.15) is 0 Å². The van der Waals surface area contributed by atoms with Gasteiger partial charge in [-0.1, -0.05) is 25.0 Å². The molecule has 3 nitrogen and oxygen atoms in total. The van der Waals surface area contributed by atoms with E-state index in [9.17, 15) is 4.79 Å². The van der Waals surface area contributed by atoms with Gasteiger partial charge in [0, 0.05) is 23.7 Å². The Morgan fingerprint density at radius 2 is 1.90 bits per heavy atom. The topological polar surface area (TPSA) is 46.3 Å². The second-order valence-corrected chi connectivity index (χ2v) is 6.87. The predicted molar refractivity (Wildman–Crippen MR) is 86.0 cm³/mol. The molecule has 4 heteroatoms. The summed E-state index contributed by atoms with van der Waals surface area (Å²) in [6.07, 6.45) is 4.76. The Morgan fingerprint density at radius 3 is 2.55 bits per heavy atom. The van der Waals surface area contributed by atoms with Gasteiger partial charge in [-0.05, 0) is 38.3 Å². The average molecular weight is 292 g/mol. The van der Waals surface area contributed by atoms with Crippen LogP contribution in [-0.2, 0) is 4.79 Å². The molecule has 0 spiro atoms. The van der Waals surface area contributed by atoms with Gasteiger partial charge in [0.2, 0.25) is 5.91 Å². The number of hydrogen-bond donors (Lipinski definition) is 1. The molecule has 1 aliphatic rings. The number of rotatable bonds is 3. The summed E-state index contributed by atoms with van der Waals surface area (Å²) in [7, 11) is 0. The molecule has 1 fully saturated rings. The maximum absolute atomic E-state index is 12.5. The maximum Gasteiger partial charge on any atom is 0.235 e. The van der Waals surface area contributed by atoms with Gasteiger partial charge in [0.05, 0.1) is 5.25 Å². The van der Waals surface area contributed by atoms with E-state index < -0.39 is 0 Å². The first-order valence-corrected chi connectivity index (χ1v) is 8.28. The Kier molecular flexibility index (Phi) is 5.35. The summed E-state index contributed by atoms with van der Waals surface area (Å²) in [4.78, 5) is 15.6. The standard InChI is InChI=1S/C16H24N2OS/c1-12-8-7-9-14(15(12)17)20-13(2)16(19)18-10-5-3-4-6-11-18/h7-9,13H,3-6,10-11,17H2,1-2H3. The zero-order chi connectivity index (χ0) is 14.5. The van der Waals surface area contributed by atoms with Crippen molar-refractivity contribution in [3.05, 3.63) is 23.8 Å². The van der Waals surface area contributed by atoms with Gasteiger partial charge >= 0.3 is 0 Å². The van der Waals surface area contributed by atoms with Crippen LogP contribution < -0.4 is 5.73 Å². The SMILES string of the molecule is Cc1cccc(SC(C)C(=O)N2CCCCCC2)c1N. The third-order valence-corrected chi connectivity index (χ3v) is 5.02. The van der Waals surface area contributed by atoms with Crippen molar-refractivity contribution in [1.29, 1.82) is 0 Å². The zero-order valence-corrected chi connectivity index (χ0v) is 13.2. The number of nitrogens with two attached hydrogens (primary N) is 1. The zero-order valence-electron chi connectivity index (χ0n) is 12.4. The van der Waals surface area contributed by atoms with Gasteiger partial charge in [0.15, 0.2) is 0 Å². The van der Waals surface area contributed by atoms with Gasteiger partial charge in [-0.15, -0.1) is 11.8 Å². The number of aryl methyl sites for hydroxylation is 1. The van der Waals surface area contributed by atoms with Gasteiger partial charge in [-0.25, -0.2) is 0 Å². The van der Waals surface area contributed by atoms with E-state index in [2.05, 4.69) is 0 Å². The largest absolute Gasteiger partial charge is 0.398 e. The van der Waals surface area contributed by atoms with Crippen molar-refractivity contribution in [2.75, 3.05) is 18.8 Å². The number of benzene rings is 1. The smallest absolute Gasteiger partial charge is 0.235 e. The highest BCUT2D eigenvalue weighted by Crippen LogP contribution is 2.31. The van der Waals surface area contributed by atoms with Crippen molar-refractivity contribution >= 4 is 23.4 Å². The average Bonchev–Trinajstić information content (AvgIpc) is 2.72. The lowest BCUT2D eigenvalue weighted by Gasteiger charge is -2.24. The molecule has 0 aromatic heterocycles. The van der Waals surface area contributed by atoms with Crippen molar-refractivity contribution in [3.63, 3.8) is 0 Å². The fourth-order valence-electron chi connectivity index (χ4n) is 2.55. The Morgan fingerprint density at radius 1 is 1.25 bits per heavy atom. The molecule has 1 atom stereocenters. The van der Waals surface area contributed by atoms with E-state index in [-0.39, 0.29) is 11.2 Å². The number of para-hydroxylation sites is 1. The van der Waals surface area contributed by atoms with Crippen molar-refractivity contribution in [2.24, 2.45) is 0 Å². The molecule has 1 aromatic rings. The van der Waals surface area contributed by atoms with Crippen molar-refractivity contribution in [3.8, 4) is 0 Å². The van der Waals surface area contributed by atoms with Crippen LogP contribution in [0.15, 0.2) is 23.1 Å². The predicted octanol–water partition coefficient (Wildman–Crippen LogP) is 3.46. The summed E-state index contributed by atoms with van der Waals surface area (Å²) in [6.45, 7) is 5.81. The van der Waals surface area contributed by atoms with Crippen molar-refractivity contribution in [1.82, 2.24) is 4.90 Å². The van der Waals surface area contributed by atoms with Crippen molar-refractivity contribution in [2.45, 2.75) is 49.7 Å². The van der Waals surface area contributed by atoms with Crippen LogP contribution in [0.3, 0.4) is 0 Å². The van der Waals surface area contributed by atoms with Crippen LogP contribution in [0.2, 0.25) is 0 Å². The van der Waals surface area contributed by atoms with E-state index in [0.29, 0.717) is 0 Å². The molecule has 20 heavy (non-hydrogen) atoms. The maximum atomic E-state index is 12.5. The summed E-state index contributed by atoms with van der Waals surface area (Å²) < 4.78 is 0. The van der Waals surface area contributed by atoms with Gasteiger partial charge in [0.1, 0.15) is 0 Å². The quantitative estimate of drug-likeness (QED) is 0.685. The second kappa shape index (κ2) is 7.02. The number of hydrogen-bond acceptors (Lipinski definition) is 3. The molecule has 2 rings (SSSR count). The molecule has 1 saturated heterocycles. The lowest BCUT2D eigenvalue weighted by Crippen LogP contribution is -2.37. The second-order valence-electron chi connectivity index (χ2n) is 5.49. The Hall–Kier alpha value is -1.16. The summed E-state index contributed by atoms with van der Waals surface area (Å²) >= 11 is 1.58. The molecule has 1 aliphatic heterocycles. The molecule has 110 valence electrons.